The molecule has 0 aliphatic rings. The number of ketones is 1. The van der Waals surface area contributed by atoms with E-state index < -0.39 is 5.41 Å². The van der Waals surface area contributed by atoms with Crippen molar-refractivity contribution in [2.75, 3.05) is 13.7 Å². The fraction of sp³-hybridized carbons (Fsp3) is 0.321. The van der Waals surface area contributed by atoms with Crippen LogP contribution in [-0.2, 0) is 17.6 Å². The highest BCUT2D eigenvalue weighted by Crippen LogP contribution is 2.28. The van der Waals surface area contributed by atoms with Gasteiger partial charge in [0.15, 0.2) is 5.78 Å². The summed E-state index contributed by atoms with van der Waals surface area (Å²) in [4.78, 5) is 29.7. The van der Waals surface area contributed by atoms with Crippen molar-refractivity contribution in [2.24, 2.45) is 5.41 Å². The van der Waals surface area contributed by atoms with Gasteiger partial charge in [0.05, 0.1) is 12.5 Å². The first kappa shape index (κ1) is 24.2. The first-order chi connectivity index (χ1) is 15.8. The van der Waals surface area contributed by atoms with E-state index in [0.717, 1.165) is 34.4 Å². The van der Waals surface area contributed by atoms with E-state index in [4.69, 9.17) is 4.74 Å². The molecule has 0 radical (unpaired) electrons. The summed E-state index contributed by atoms with van der Waals surface area (Å²) in [5.74, 6) is 0.716. The van der Waals surface area contributed by atoms with Gasteiger partial charge in [0, 0.05) is 30.9 Å². The minimum Gasteiger partial charge on any atom is -0.496 e. The SMILES string of the molecule is CCc1cc(-c2ccc(C(=O)CC(C)(C)C(=O)NCCc3cccnc3)cc2)ccc1OC. The normalized spacial score (nSPS) is 11.2. The molecule has 5 heteroatoms. The Morgan fingerprint density at radius 3 is 2.39 bits per heavy atom. The molecule has 5 nitrogen and oxygen atoms in total. The molecule has 1 amide bonds. The molecule has 1 aromatic heterocycles. The first-order valence-electron chi connectivity index (χ1n) is 11.3. The molecule has 1 heterocycles. The third-order valence-electron chi connectivity index (χ3n) is 5.84. The first-order valence-corrected chi connectivity index (χ1v) is 11.3. The van der Waals surface area contributed by atoms with Gasteiger partial charge in [-0.2, -0.15) is 0 Å². The smallest absolute Gasteiger partial charge is 0.226 e. The molecule has 0 fully saturated rings. The summed E-state index contributed by atoms with van der Waals surface area (Å²) < 4.78 is 5.41. The highest BCUT2D eigenvalue weighted by Gasteiger charge is 2.30. The van der Waals surface area contributed by atoms with E-state index in [1.54, 1.807) is 19.5 Å². The van der Waals surface area contributed by atoms with Crippen molar-refractivity contribution in [2.45, 2.75) is 40.0 Å². The van der Waals surface area contributed by atoms with Gasteiger partial charge < -0.3 is 10.1 Å². The Bertz CT molecular complexity index is 1090. The van der Waals surface area contributed by atoms with Crippen LogP contribution < -0.4 is 10.1 Å². The Morgan fingerprint density at radius 1 is 1.03 bits per heavy atom. The molecular formula is C28H32N2O3. The second kappa shape index (κ2) is 10.9. The Labute approximate surface area is 196 Å². The molecule has 0 aliphatic heterocycles. The van der Waals surface area contributed by atoms with E-state index >= 15 is 0 Å². The molecule has 0 saturated carbocycles. The van der Waals surface area contributed by atoms with Crippen LogP contribution >= 0.6 is 0 Å². The summed E-state index contributed by atoms with van der Waals surface area (Å²) in [5, 5.41) is 2.95. The average Bonchev–Trinajstić information content (AvgIpc) is 2.84. The summed E-state index contributed by atoms with van der Waals surface area (Å²) >= 11 is 0. The van der Waals surface area contributed by atoms with E-state index in [2.05, 4.69) is 23.3 Å². The van der Waals surface area contributed by atoms with Crippen molar-refractivity contribution in [3.63, 3.8) is 0 Å². The molecule has 0 bridgehead atoms. The predicted octanol–water partition coefficient (Wildman–Crippen LogP) is 5.28. The van der Waals surface area contributed by atoms with Crippen LogP contribution in [0.15, 0.2) is 67.0 Å². The van der Waals surface area contributed by atoms with Gasteiger partial charge in [0.1, 0.15) is 5.75 Å². The van der Waals surface area contributed by atoms with Crippen LogP contribution in [0.1, 0.15) is 48.7 Å². The number of methoxy groups -OCH3 is 1. The number of aromatic nitrogens is 1. The van der Waals surface area contributed by atoms with Crippen molar-refractivity contribution in [1.29, 1.82) is 0 Å². The van der Waals surface area contributed by atoms with Gasteiger partial charge in [0.25, 0.3) is 0 Å². The number of hydrogen-bond donors (Lipinski definition) is 1. The summed E-state index contributed by atoms with van der Waals surface area (Å²) in [6.07, 6.45) is 5.25. The molecule has 1 N–H and O–H groups in total. The maximum atomic E-state index is 12.9. The third kappa shape index (κ3) is 6.28. The van der Waals surface area contributed by atoms with Crippen LogP contribution in [0.2, 0.25) is 0 Å². The molecule has 2 aromatic carbocycles. The number of carbonyl (C=O) groups is 2. The van der Waals surface area contributed by atoms with Crippen LogP contribution in [-0.4, -0.2) is 30.3 Å². The number of pyridine rings is 1. The summed E-state index contributed by atoms with van der Waals surface area (Å²) in [6, 6.07) is 17.6. The van der Waals surface area contributed by atoms with Crippen molar-refractivity contribution < 1.29 is 14.3 Å². The number of ether oxygens (including phenoxy) is 1. The molecule has 0 spiro atoms. The zero-order valence-corrected chi connectivity index (χ0v) is 19.9. The largest absolute Gasteiger partial charge is 0.496 e. The van der Waals surface area contributed by atoms with E-state index in [-0.39, 0.29) is 18.1 Å². The third-order valence-corrected chi connectivity index (χ3v) is 5.84. The maximum absolute atomic E-state index is 12.9. The number of amides is 1. The summed E-state index contributed by atoms with van der Waals surface area (Å²) in [5.41, 5.74) is 4.15. The molecule has 3 aromatic rings. The lowest BCUT2D eigenvalue weighted by Gasteiger charge is -2.23. The fourth-order valence-corrected chi connectivity index (χ4v) is 3.77. The van der Waals surface area contributed by atoms with Crippen molar-refractivity contribution in [1.82, 2.24) is 10.3 Å². The minimum atomic E-state index is -0.795. The molecular weight excluding hydrogens is 412 g/mol. The zero-order chi connectivity index (χ0) is 23.8. The Morgan fingerprint density at radius 2 is 1.76 bits per heavy atom. The Kier molecular flexibility index (Phi) is 7.99. The standard InChI is InChI=1S/C28H32N2O3/c1-5-21-17-24(12-13-26(21)33-4)22-8-10-23(11-9-22)25(31)18-28(2,3)27(32)30-16-14-20-7-6-15-29-19-20/h6-13,15,17,19H,5,14,16,18H2,1-4H3,(H,30,32). The van der Waals surface area contributed by atoms with E-state index in [9.17, 15) is 9.59 Å². The Balaban J connectivity index is 1.60. The van der Waals surface area contributed by atoms with Gasteiger partial charge in [0.2, 0.25) is 5.91 Å². The summed E-state index contributed by atoms with van der Waals surface area (Å²) in [7, 11) is 1.68. The quantitative estimate of drug-likeness (QED) is 0.432. The lowest BCUT2D eigenvalue weighted by atomic mass is 9.84. The van der Waals surface area contributed by atoms with E-state index in [1.165, 1.54) is 0 Å². The van der Waals surface area contributed by atoms with Crippen LogP contribution in [0.5, 0.6) is 5.75 Å². The number of hydrogen-bond acceptors (Lipinski definition) is 4. The highest BCUT2D eigenvalue weighted by molar-refractivity contribution is 5.99. The van der Waals surface area contributed by atoms with E-state index in [0.29, 0.717) is 18.5 Å². The highest BCUT2D eigenvalue weighted by atomic mass is 16.5. The van der Waals surface area contributed by atoms with Crippen LogP contribution in [0, 0.1) is 5.41 Å². The molecule has 0 unspecified atom stereocenters. The van der Waals surface area contributed by atoms with Gasteiger partial charge in [-0.1, -0.05) is 57.2 Å². The number of nitrogens with zero attached hydrogens (tertiary/aromatic N) is 1. The fourth-order valence-electron chi connectivity index (χ4n) is 3.77. The predicted molar refractivity (Wildman–Crippen MR) is 131 cm³/mol. The summed E-state index contributed by atoms with van der Waals surface area (Å²) in [6.45, 7) is 6.23. The lowest BCUT2D eigenvalue weighted by Crippen LogP contribution is -2.39. The van der Waals surface area contributed by atoms with Gasteiger partial charge in [-0.25, -0.2) is 0 Å². The number of carbonyl (C=O) groups excluding carboxylic acids is 2. The Hall–Kier alpha value is -3.47. The van der Waals surface area contributed by atoms with Gasteiger partial charge in [-0.15, -0.1) is 0 Å². The monoisotopic (exact) mass is 444 g/mol. The lowest BCUT2D eigenvalue weighted by molar-refractivity contribution is -0.129. The molecule has 0 aliphatic carbocycles. The molecule has 0 atom stereocenters. The van der Waals surface area contributed by atoms with Gasteiger partial charge in [-0.3, -0.25) is 14.6 Å². The maximum Gasteiger partial charge on any atom is 0.226 e. The molecule has 0 saturated heterocycles. The number of aryl methyl sites for hydroxylation is 1. The van der Waals surface area contributed by atoms with Crippen LogP contribution in [0.25, 0.3) is 11.1 Å². The number of benzene rings is 2. The number of rotatable bonds is 10. The number of nitrogens with one attached hydrogen (secondary N) is 1. The van der Waals surface area contributed by atoms with Crippen molar-refractivity contribution in [3.8, 4) is 16.9 Å². The van der Waals surface area contributed by atoms with Crippen LogP contribution in [0.3, 0.4) is 0 Å². The van der Waals surface area contributed by atoms with Crippen molar-refractivity contribution >= 4 is 11.7 Å². The zero-order valence-electron chi connectivity index (χ0n) is 19.9. The van der Waals surface area contributed by atoms with Crippen LogP contribution in [0.4, 0.5) is 0 Å². The minimum absolute atomic E-state index is 0.0436. The molecule has 172 valence electrons. The van der Waals surface area contributed by atoms with E-state index in [1.807, 2.05) is 62.4 Å². The molecule has 3 rings (SSSR count). The van der Waals surface area contributed by atoms with Crippen molar-refractivity contribution in [3.05, 3.63) is 83.7 Å². The van der Waals surface area contributed by atoms with Gasteiger partial charge in [-0.05, 0) is 53.3 Å². The molecule has 33 heavy (non-hydrogen) atoms. The second-order valence-corrected chi connectivity index (χ2v) is 8.81. The van der Waals surface area contributed by atoms with Gasteiger partial charge >= 0.3 is 0 Å². The second-order valence-electron chi connectivity index (χ2n) is 8.81. The number of Topliss-reactive ketones (excluding diaryl/α,β-unsaturated/α-hetero) is 1. The average molecular weight is 445 g/mol. The topological polar surface area (TPSA) is 68.3 Å².